The van der Waals surface area contributed by atoms with Crippen molar-refractivity contribution in [2.24, 2.45) is 4.99 Å². The maximum absolute atomic E-state index is 12.1. The minimum Gasteiger partial charge on any atom is -0.325 e. The molecule has 0 bridgehead atoms. The first-order valence-corrected chi connectivity index (χ1v) is 8.29. The third-order valence-corrected chi connectivity index (χ3v) is 5.14. The first-order valence-electron chi connectivity index (χ1n) is 6.42. The van der Waals surface area contributed by atoms with Gasteiger partial charge in [0.1, 0.15) is 4.38 Å². The van der Waals surface area contributed by atoms with E-state index in [9.17, 15) is 4.79 Å². The van der Waals surface area contributed by atoms with Gasteiger partial charge in [-0.2, -0.15) is 0 Å². The van der Waals surface area contributed by atoms with Crippen molar-refractivity contribution in [2.75, 3.05) is 17.6 Å². The van der Waals surface area contributed by atoms with E-state index in [1.54, 1.807) is 23.5 Å². The third kappa shape index (κ3) is 4.28. The molecule has 0 radical (unpaired) electrons. The van der Waals surface area contributed by atoms with Crippen LogP contribution in [-0.4, -0.2) is 27.8 Å². The quantitative estimate of drug-likeness (QED) is 0.925. The summed E-state index contributed by atoms with van der Waals surface area (Å²) >= 11 is 3.28. The number of aliphatic imine (C=N–C) groups is 1. The van der Waals surface area contributed by atoms with Crippen molar-refractivity contribution in [1.29, 1.82) is 0 Å². The molecular weight excluding hydrogens is 276 g/mol. The Morgan fingerprint density at radius 2 is 2.21 bits per heavy atom. The van der Waals surface area contributed by atoms with Crippen LogP contribution in [0.4, 0.5) is 5.69 Å². The summed E-state index contributed by atoms with van der Waals surface area (Å²) in [5.41, 5.74) is 2.13. The van der Waals surface area contributed by atoms with Crippen molar-refractivity contribution in [3.05, 3.63) is 29.8 Å². The molecule has 1 aromatic rings. The molecule has 1 N–H and O–H groups in total. The highest BCUT2D eigenvalue weighted by atomic mass is 32.2. The molecule has 19 heavy (non-hydrogen) atoms. The lowest BCUT2D eigenvalue weighted by atomic mass is 10.1. The summed E-state index contributed by atoms with van der Waals surface area (Å²) in [5, 5.41) is 2.83. The van der Waals surface area contributed by atoms with Gasteiger partial charge in [-0.15, -0.1) is 0 Å². The second-order valence-corrected chi connectivity index (χ2v) is 6.97. The van der Waals surface area contributed by atoms with Gasteiger partial charge in [0.05, 0.1) is 11.8 Å². The molecule has 0 fully saturated rings. The fourth-order valence-corrected chi connectivity index (χ4v) is 3.79. The number of nitrogens with one attached hydrogen (secondary N) is 1. The van der Waals surface area contributed by atoms with E-state index in [-0.39, 0.29) is 11.2 Å². The SMILES string of the molecule is CCc1ccc(NC(=O)C(C)SC2=NCCS2)cc1. The van der Waals surface area contributed by atoms with E-state index >= 15 is 0 Å². The Balaban J connectivity index is 1.88. The van der Waals surface area contributed by atoms with E-state index in [0.29, 0.717) is 0 Å². The maximum Gasteiger partial charge on any atom is 0.237 e. The van der Waals surface area contributed by atoms with Gasteiger partial charge in [-0.1, -0.05) is 42.6 Å². The number of carbonyl (C=O) groups is 1. The van der Waals surface area contributed by atoms with Crippen molar-refractivity contribution in [1.82, 2.24) is 0 Å². The van der Waals surface area contributed by atoms with Gasteiger partial charge in [-0.3, -0.25) is 9.79 Å². The Morgan fingerprint density at radius 3 is 2.79 bits per heavy atom. The summed E-state index contributed by atoms with van der Waals surface area (Å²) in [6.45, 7) is 4.91. The number of hydrogen-bond acceptors (Lipinski definition) is 4. The summed E-state index contributed by atoms with van der Waals surface area (Å²) in [5.74, 6) is 1.07. The number of amides is 1. The highest BCUT2D eigenvalue weighted by Gasteiger charge is 2.18. The predicted octanol–water partition coefficient (Wildman–Crippen LogP) is 3.41. The van der Waals surface area contributed by atoms with E-state index in [1.807, 2.05) is 31.2 Å². The average Bonchev–Trinajstić information content (AvgIpc) is 2.92. The normalized spacial score (nSPS) is 16.0. The molecule has 0 aliphatic carbocycles. The molecule has 0 aromatic heterocycles. The molecule has 1 aromatic carbocycles. The molecule has 1 atom stereocenters. The second-order valence-electron chi connectivity index (χ2n) is 4.30. The largest absolute Gasteiger partial charge is 0.325 e. The smallest absolute Gasteiger partial charge is 0.237 e. The molecule has 1 heterocycles. The molecule has 0 spiro atoms. The highest BCUT2D eigenvalue weighted by Crippen LogP contribution is 2.26. The van der Waals surface area contributed by atoms with Gasteiger partial charge >= 0.3 is 0 Å². The van der Waals surface area contributed by atoms with Gasteiger partial charge < -0.3 is 5.32 Å². The van der Waals surface area contributed by atoms with Crippen LogP contribution in [0.25, 0.3) is 0 Å². The topological polar surface area (TPSA) is 41.5 Å². The zero-order valence-electron chi connectivity index (χ0n) is 11.2. The minimum absolute atomic E-state index is 0.0319. The number of benzene rings is 1. The number of anilines is 1. The first kappa shape index (κ1) is 14.5. The zero-order valence-corrected chi connectivity index (χ0v) is 12.8. The van der Waals surface area contributed by atoms with Crippen LogP contribution >= 0.6 is 23.5 Å². The van der Waals surface area contributed by atoms with Gasteiger partial charge in [0.2, 0.25) is 5.91 Å². The zero-order chi connectivity index (χ0) is 13.7. The van der Waals surface area contributed by atoms with E-state index in [2.05, 4.69) is 17.2 Å². The maximum atomic E-state index is 12.1. The number of carbonyl (C=O) groups excluding carboxylic acids is 1. The molecule has 2 rings (SSSR count). The minimum atomic E-state index is -0.116. The van der Waals surface area contributed by atoms with Crippen LogP contribution < -0.4 is 5.32 Å². The Labute approximate surface area is 122 Å². The van der Waals surface area contributed by atoms with Gasteiger partial charge in [0.15, 0.2) is 0 Å². The van der Waals surface area contributed by atoms with Crippen LogP contribution in [0.1, 0.15) is 19.4 Å². The Bertz CT molecular complexity index is 471. The van der Waals surface area contributed by atoms with Gasteiger partial charge in [0, 0.05) is 11.4 Å². The Kier molecular flexibility index (Phi) is 5.34. The Hall–Kier alpha value is -0.940. The fourth-order valence-electron chi connectivity index (χ4n) is 1.66. The lowest BCUT2D eigenvalue weighted by Crippen LogP contribution is -2.23. The van der Waals surface area contributed by atoms with Crippen LogP contribution in [-0.2, 0) is 11.2 Å². The third-order valence-electron chi connectivity index (χ3n) is 2.83. The van der Waals surface area contributed by atoms with Crippen molar-refractivity contribution in [3.8, 4) is 0 Å². The molecule has 1 amide bonds. The standard InChI is InChI=1S/C14H18N2OS2/c1-3-11-4-6-12(7-5-11)16-13(17)10(2)19-14-15-8-9-18-14/h4-7,10H,3,8-9H2,1-2H3,(H,16,17). The monoisotopic (exact) mass is 294 g/mol. The average molecular weight is 294 g/mol. The highest BCUT2D eigenvalue weighted by molar-refractivity contribution is 8.39. The Morgan fingerprint density at radius 1 is 1.47 bits per heavy atom. The van der Waals surface area contributed by atoms with Crippen molar-refractivity contribution in [2.45, 2.75) is 25.5 Å². The van der Waals surface area contributed by atoms with E-state index in [1.165, 1.54) is 5.56 Å². The summed E-state index contributed by atoms with van der Waals surface area (Å²) in [4.78, 5) is 16.4. The molecule has 5 heteroatoms. The lowest BCUT2D eigenvalue weighted by molar-refractivity contribution is -0.115. The first-order chi connectivity index (χ1) is 9.19. The summed E-state index contributed by atoms with van der Waals surface area (Å²) < 4.78 is 1.03. The molecule has 1 unspecified atom stereocenters. The molecule has 0 saturated carbocycles. The van der Waals surface area contributed by atoms with Crippen molar-refractivity contribution >= 4 is 39.5 Å². The number of rotatable bonds is 4. The van der Waals surface area contributed by atoms with Crippen molar-refractivity contribution in [3.63, 3.8) is 0 Å². The molecule has 102 valence electrons. The molecule has 1 aliphatic heterocycles. The van der Waals surface area contributed by atoms with Gasteiger partial charge in [-0.05, 0) is 31.0 Å². The van der Waals surface area contributed by atoms with Crippen LogP contribution in [0.2, 0.25) is 0 Å². The van der Waals surface area contributed by atoms with E-state index < -0.39 is 0 Å². The summed E-state index contributed by atoms with van der Waals surface area (Å²) in [6.07, 6.45) is 1.01. The number of hydrogen-bond donors (Lipinski definition) is 1. The van der Waals surface area contributed by atoms with Gasteiger partial charge in [0.25, 0.3) is 0 Å². The van der Waals surface area contributed by atoms with Crippen molar-refractivity contribution < 1.29 is 4.79 Å². The van der Waals surface area contributed by atoms with Crippen LogP contribution in [0.3, 0.4) is 0 Å². The number of thioether (sulfide) groups is 2. The molecule has 1 aliphatic rings. The van der Waals surface area contributed by atoms with Crippen LogP contribution in [0.15, 0.2) is 29.3 Å². The number of aryl methyl sites for hydroxylation is 1. The fraction of sp³-hybridized carbons (Fsp3) is 0.429. The lowest BCUT2D eigenvalue weighted by Gasteiger charge is -2.11. The molecule has 0 saturated heterocycles. The van der Waals surface area contributed by atoms with Crippen LogP contribution in [0.5, 0.6) is 0 Å². The van der Waals surface area contributed by atoms with Crippen LogP contribution in [0, 0.1) is 0 Å². The van der Waals surface area contributed by atoms with Gasteiger partial charge in [-0.25, -0.2) is 0 Å². The molecule has 3 nitrogen and oxygen atoms in total. The van der Waals surface area contributed by atoms with E-state index in [4.69, 9.17) is 0 Å². The number of nitrogens with zero attached hydrogens (tertiary/aromatic N) is 1. The molecular formula is C14H18N2OS2. The predicted molar refractivity (Wildman–Crippen MR) is 86.3 cm³/mol. The summed E-state index contributed by atoms with van der Waals surface area (Å²) in [7, 11) is 0. The van der Waals surface area contributed by atoms with E-state index in [0.717, 1.165) is 28.8 Å². The second kappa shape index (κ2) is 7.01. The summed E-state index contributed by atoms with van der Waals surface area (Å²) in [6, 6.07) is 8.00.